The number of fused-ring (bicyclic) bond motifs is 3. The Morgan fingerprint density at radius 3 is 2.74 bits per heavy atom. The van der Waals surface area contributed by atoms with E-state index in [-0.39, 0.29) is 23.8 Å². The number of nitrogens with zero attached hydrogens (tertiary/aromatic N) is 3. The van der Waals surface area contributed by atoms with Crippen LogP contribution in [0.1, 0.15) is 37.8 Å². The van der Waals surface area contributed by atoms with Gasteiger partial charge < -0.3 is 14.6 Å². The number of likely N-dealkylation sites (tertiary alicyclic amines) is 1. The first-order chi connectivity index (χ1) is 19.0. The Morgan fingerprint density at radius 1 is 1.18 bits per heavy atom. The van der Waals surface area contributed by atoms with Gasteiger partial charge in [-0.25, -0.2) is 9.37 Å². The van der Waals surface area contributed by atoms with Crippen LogP contribution in [0.2, 0.25) is 0 Å². The van der Waals surface area contributed by atoms with Crippen molar-refractivity contribution in [2.45, 2.75) is 44.2 Å². The molecule has 3 aliphatic rings. The molecule has 4 aromatic rings. The van der Waals surface area contributed by atoms with Gasteiger partial charge in [-0.3, -0.25) is 14.8 Å². The van der Waals surface area contributed by atoms with Gasteiger partial charge in [0, 0.05) is 54.5 Å². The van der Waals surface area contributed by atoms with Crippen molar-refractivity contribution in [3.63, 3.8) is 0 Å². The number of carboxylic acid groups (broad SMARTS) is 1. The van der Waals surface area contributed by atoms with E-state index in [1.807, 2.05) is 29.3 Å². The number of carboxylic acids is 1. The molecule has 4 unspecified atom stereocenters. The van der Waals surface area contributed by atoms with E-state index in [9.17, 15) is 14.3 Å². The molecule has 2 aromatic heterocycles. The Kier molecular flexibility index (Phi) is 6.01. The quantitative estimate of drug-likeness (QED) is 0.363. The van der Waals surface area contributed by atoms with E-state index in [0.29, 0.717) is 31.6 Å². The van der Waals surface area contributed by atoms with Crippen molar-refractivity contribution in [1.29, 1.82) is 0 Å². The molecule has 9 heteroatoms. The van der Waals surface area contributed by atoms with Gasteiger partial charge in [-0.2, -0.15) is 5.10 Å². The number of aromatic nitrogens is 3. The summed E-state index contributed by atoms with van der Waals surface area (Å²) in [4.78, 5) is 18.8. The Balaban J connectivity index is 1.34. The number of pyridine rings is 1. The highest BCUT2D eigenvalue weighted by Crippen LogP contribution is 2.47. The molecule has 0 spiro atoms. The van der Waals surface area contributed by atoms with E-state index >= 15 is 0 Å². The monoisotopic (exact) mass is 530 g/mol. The van der Waals surface area contributed by atoms with Crippen LogP contribution >= 0.6 is 0 Å². The fraction of sp³-hybridized carbons (Fsp3) is 0.433. The third-order valence-electron chi connectivity index (χ3n) is 9.00. The fourth-order valence-corrected chi connectivity index (χ4v) is 6.65. The molecule has 4 heterocycles. The first-order valence-electron chi connectivity index (χ1n) is 13.7. The fourth-order valence-electron chi connectivity index (χ4n) is 6.65. The van der Waals surface area contributed by atoms with Gasteiger partial charge in [-0.1, -0.05) is 12.1 Å². The summed E-state index contributed by atoms with van der Waals surface area (Å²) in [5, 5.41) is 19.7. The van der Waals surface area contributed by atoms with Gasteiger partial charge in [0.25, 0.3) is 0 Å². The summed E-state index contributed by atoms with van der Waals surface area (Å²) in [5.74, 6) is 0.449. The van der Waals surface area contributed by atoms with Gasteiger partial charge in [0.2, 0.25) is 5.88 Å². The molecule has 0 radical (unpaired) electrons. The van der Waals surface area contributed by atoms with Crippen LogP contribution in [0.25, 0.3) is 32.8 Å². The molecule has 0 bridgehead atoms. The Labute approximate surface area is 225 Å². The van der Waals surface area contributed by atoms with Crippen molar-refractivity contribution in [3.8, 4) is 17.0 Å². The highest BCUT2D eigenvalue weighted by Gasteiger charge is 2.50. The Hall–Kier alpha value is -3.56. The molecule has 3 fully saturated rings. The summed E-state index contributed by atoms with van der Waals surface area (Å²) in [5.41, 5.74) is 3.77. The van der Waals surface area contributed by atoms with E-state index in [2.05, 4.69) is 16.3 Å². The number of benzene rings is 2. The summed E-state index contributed by atoms with van der Waals surface area (Å²) < 4.78 is 26.3. The molecule has 2 aliphatic heterocycles. The van der Waals surface area contributed by atoms with Crippen molar-refractivity contribution in [3.05, 3.63) is 54.1 Å². The van der Waals surface area contributed by atoms with Crippen LogP contribution in [0.4, 0.5) is 4.39 Å². The molecule has 7 rings (SSSR count). The normalized spacial score (nSPS) is 24.5. The second-order valence-electron chi connectivity index (χ2n) is 11.2. The molecule has 2 N–H and O–H groups in total. The van der Waals surface area contributed by atoms with Crippen LogP contribution in [-0.4, -0.2) is 69.6 Å². The zero-order valence-electron chi connectivity index (χ0n) is 21.8. The molecule has 2 aromatic carbocycles. The van der Waals surface area contributed by atoms with Crippen LogP contribution in [-0.2, 0) is 9.53 Å². The number of carbonyl (C=O) groups is 1. The molecule has 39 heavy (non-hydrogen) atoms. The van der Waals surface area contributed by atoms with Gasteiger partial charge in [0.15, 0.2) is 0 Å². The Bertz CT molecular complexity index is 1550. The molecule has 202 valence electrons. The van der Waals surface area contributed by atoms with Crippen LogP contribution < -0.4 is 4.74 Å². The third-order valence-corrected chi connectivity index (χ3v) is 9.00. The predicted octanol–water partition coefficient (Wildman–Crippen LogP) is 4.98. The van der Waals surface area contributed by atoms with Gasteiger partial charge >= 0.3 is 5.97 Å². The second-order valence-corrected chi connectivity index (χ2v) is 11.2. The summed E-state index contributed by atoms with van der Waals surface area (Å²) in [7, 11) is 0. The number of aliphatic carboxylic acids is 1. The SMILES string of the molecule is CC(C(=O)O)N1CC2CC(Oc3nc(C4CCOCC4)c(-c4ccc(F)cc4)c4cc5cn[nH]c5cc34)C2C1. The molecular formula is C30H31FN4O4. The van der Waals surface area contributed by atoms with Crippen molar-refractivity contribution in [1.82, 2.24) is 20.1 Å². The van der Waals surface area contributed by atoms with Gasteiger partial charge in [0.05, 0.1) is 17.4 Å². The predicted molar refractivity (Wildman–Crippen MR) is 144 cm³/mol. The first-order valence-corrected chi connectivity index (χ1v) is 13.7. The van der Waals surface area contributed by atoms with Crippen LogP contribution in [0.5, 0.6) is 5.88 Å². The maximum atomic E-state index is 13.9. The summed E-state index contributed by atoms with van der Waals surface area (Å²) in [6.07, 6.45) is 4.39. The van der Waals surface area contributed by atoms with E-state index in [4.69, 9.17) is 14.5 Å². The summed E-state index contributed by atoms with van der Waals surface area (Å²) in [6.45, 7) is 4.61. The lowest BCUT2D eigenvalue weighted by Gasteiger charge is -2.39. The van der Waals surface area contributed by atoms with Crippen LogP contribution in [0.3, 0.4) is 0 Å². The molecule has 8 nitrogen and oxygen atoms in total. The number of hydrogen-bond acceptors (Lipinski definition) is 6. The number of rotatable bonds is 6. The van der Waals surface area contributed by atoms with Crippen molar-refractivity contribution in [2.24, 2.45) is 11.8 Å². The van der Waals surface area contributed by atoms with Crippen molar-refractivity contribution >= 4 is 27.6 Å². The van der Waals surface area contributed by atoms with Gasteiger partial charge in [-0.15, -0.1) is 0 Å². The largest absolute Gasteiger partial charge is 0.480 e. The Morgan fingerprint density at radius 2 is 1.97 bits per heavy atom. The number of halogens is 1. The average Bonchev–Trinajstić information content (AvgIpc) is 3.54. The summed E-state index contributed by atoms with van der Waals surface area (Å²) in [6, 6.07) is 10.3. The first kappa shape index (κ1) is 24.5. The lowest BCUT2D eigenvalue weighted by molar-refractivity contribution is -0.142. The minimum Gasteiger partial charge on any atom is -0.480 e. The molecule has 1 saturated carbocycles. The molecule has 0 amide bonds. The number of nitrogens with one attached hydrogen (secondary N) is 1. The number of hydrogen-bond donors (Lipinski definition) is 2. The topological polar surface area (TPSA) is 101 Å². The summed E-state index contributed by atoms with van der Waals surface area (Å²) >= 11 is 0. The number of aromatic amines is 1. The molecular weight excluding hydrogens is 499 g/mol. The molecule has 1 aliphatic carbocycles. The zero-order valence-corrected chi connectivity index (χ0v) is 21.8. The van der Waals surface area contributed by atoms with E-state index in [0.717, 1.165) is 64.3 Å². The van der Waals surface area contributed by atoms with Gasteiger partial charge in [0.1, 0.15) is 18.0 Å². The lowest BCUT2D eigenvalue weighted by atomic mass is 9.73. The third kappa shape index (κ3) is 4.24. The maximum absolute atomic E-state index is 13.9. The van der Waals surface area contributed by atoms with Crippen LogP contribution in [0.15, 0.2) is 42.6 Å². The highest BCUT2D eigenvalue weighted by atomic mass is 19.1. The van der Waals surface area contributed by atoms with E-state index in [1.54, 1.807) is 6.92 Å². The average molecular weight is 531 g/mol. The van der Waals surface area contributed by atoms with E-state index < -0.39 is 12.0 Å². The van der Waals surface area contributed by atoms with Crippen LogP contribution in [0, 0.1) is 17.7 Å². The minimum absolute atomic E-state index is 0.0200. The maximum Gasteiger partial charge on any atom is 0.320 e. The van der Waals surface area contributed by atoms with Crippen molar-refractivity contribution in [2.75, 3.05) is 26.3 Å². The standard InChI is InChI=1S/C30H31FN4O4/c1-16(30(36)37)35-14-20-11-26(24(20)15-35)39-29-23-12-25-19(13-32-34-25)10-22(23)27(17-2-4-21(31)5-3-17)28(33-29)18-6-8-38-9-7-18/h2-5,10,12-13,16,18,20,24,26H,6-9,11,14-15H2,1H3,(H,32,34)(H,36,37). The minimum atomic E-state index is -0.789. The number of ether oxygens (including phenoxy) is 2. The highest BCUT2D eigenvalue weighted by molar-refractivity contribution is 6.06. The zero-order chi connectivity index (χ0) is 26.7. The smallest absolute Gasteiger partial charge is 0.320 e. The molecule has 4 atom stereocenters. The molecule has 2 saturated heterocycles. The van der Waals surface area contributed by atoms with E-state index in [1.165, 1.54) is 12.1 Å². The van der Waals surface area contributed by atoms with Crippen molar-refractivity contribution < 1.29 is 23.8 Å². The van der Waals surface area contributed by atoms with Gasteiger partial charge in [-0.05, 0) is 67.3 Å². The second kappa shape index (κ2) is 9.57. The lowest BCUT2D eigenvalue weighted by Crippen LogP contribution is -2.44. The number of H-pyrrole nitrogens is 1.